The average Bonchev–Trinajstić information content (AvgIpc) is 2.52. The minimum Gasteiger partial charge on any atom is -0.307 e. The number of benzene rings is 1. The van der Waals surface area contributed by atoms with Crippen molar-refractivity contribution in [2.75, 3.05) is 12.1 Å². The van der Waals surface area contributed by atoms with Crippen LogP contribution in [0.4, 0.5) is 5.69 Å². The molecule has 0 bridgehead atoms. The molecule has 1 aliphatic heterocycles. The molecule has 0 saturated carbocycles. The molecule has 1 heterocycles. The van der Waals surface area contributed by atoms with Crippen LogP contribution in [0, 0.1) is 6.92 Å². The normalized spacial score (nSPS) is 16.3. The highest BCUT2D eigenvalue weighted by Gasteiger charge is 2.13. The summed E-state index contributed by atoms with van der Waals surface area (Å²) in [5, 5.41) is 4.00. The van der Waals surface area contributed by atoms with Gasteiger partial charge in [-0.3, -0.25) is 5.01 Å². The van der Waals surface area contributed by atoms with Gasteiger partial charge in [0.2, 0.25) is 0 Å². The van der Waals surface area contributed by atoms with Crippen molar-refractivity contribution >= 4 is 5.69 Å². The number of anilines is 1. The summed E-state index contributed by atoms with van der Waals surface area (Å²) in [5.41, 5.74) is 5.54. The first-order chi connectivity index (χ1) is 6.29. The lowest BCUT2D eigenvalue weighted by Crippen LogP contribution is -2.38. The summed E-state index contributed by atoms with van der Waals surface area (Å²) in [6, 6.07) is 8.30. The molecule has 0 amide bonds. The molecule has 0 spiro atoms. The van der Waals surface area contributed by atoms with Crippen molar-refractivity contribution in [3.8, 4) is 0 Å². The molecule has 68 valence electrons. The largest absolute Gasteiger partial charge is 0.307 e. The molecule has 0 saturated heterocycles. The Balaban J connectivity index is 2.35. The van der Waals surface area contributed by atoms with Crippen LogP contribution in [-0.2, 0) is 0 Å². The zero-order valence-corrected chi connectivity index (χ0v) is 7.86. The summed E-state index contributed by atoms with van der Waals surface area (Å²) >= 11 is 0. The smallest absolute Gasteiger partial charge is 0.0620 e. The Hall–Kier alpha value is -1.48. The number of rotatable bonds is 1. The van der Waals surface area contributed by atoms with E-state index in [2.05, 4.69) is 29.5 Å². The number of nitrogens with one attached hydrogen (secondary N) is 1. The van der Waals surface area contributed by atoms with Gasteiger partial charge in [0.05, 0.1) is 5.69 Å². The monoisotopic (exact) mass is 175 g/mol. The fourth-order valence-corrected chi connectivity index (χ4v) is 1.44. The molecule has 3 nitrogen and oxygen atoms in total. The second-order valence-corrected chi connectivity index (χ2v) is 3.10. The number of aryl methyl sites for hydroxylation is 1. The summed E-state index contributed by atoms with van der Waals surface area (Å²) in [7, 11) is 1.98. The summed E-state index contributed by atoms with van der Waals surface area (Å²) in [5.74, 6) is 0. The molecule has 0 aliphatic carbocycles. The topological polar surface area (TPSA) is 18.5 Å². The molecule has 0 aromatic heterocycles. The van der Waals surface area contributed by atoms with Gasteiger partial charge in [-0.2, -0.15) is 0 Å². The van der Waals surface area contributed by atoms with Crippen LogP contribution in [0.3, 0.4) is 0 Å². The van der Waals surface area contributed by atoms with E-state index in [1.165, 1.54) is 11.3 Å². The summed E-state index contributed by atoms with van der Waals surface area (Å²) < 4.78 is 0. The quantitative estimate of drug-likeness (QED) is 0.700. The molecule has 0 atom stereocenters. The van der Waals surface area contributed by atoms with E-state index in [-0.39, 0.29) is 0 Å². The van der Waals surface area contributed by atoms with Gasteiger partial charge in [-0.15, -0.1) is 5.12 Å². The highest BCUT2D eigenvalue weighted by molar-refractivity contribution is 5.54. The van der Waals surface area contributed by atoms with E-state index >= 15 is 0 Å². The minimum atomic E-state index is 1.20. The Labute approximate surface area is 78.2 Å². The summed E-state index contributed by atoms with van der Waals surface area (Å²) in [6.45, 7) is 2.11. The average molecular weight is 175 g/mol. The molecule has 1 N–H and O–H groups in total. The second kappa shape index (κ2) is 3.11. The van der Waals surface area contributed by atoms with Crippen LogP contribution in [0.25, 0.3) is 0 Å². The number of hydrogen-bond acceptors (Lipinski definition) is 3. The van der Waals surface area contributed by atoms with E-state index in [0.717, 1.165) is 0 Å². The van der Waals surface area contributed by atoms with Crippen molar-refractivity contribution in [2.45, 2.75) is 6.92 Å². The number of hydrogen-bond donors (Lipinski definition) is 1. The minimum absolute atomic E-state index is 1.20. The Kier molecular flexibility index (Phi) is 1.94. The van der Waals surface area contributed by atoms with Crippen molar-refractivity contribution in [1.29, 1.82) is 0 Å². The molecule has 1 aromatic rings. The van der Waals surface area contributed by atoms with Crippen molar-refractivity contribution in [1.82, 2.24) is 10.5 Å². The van der Waals surface area contributed by atoms with Crippen LogP contribution >= 0.6 is 0 Å². The molecule has 0 unspecified atom stereocenters. The Morgan fingerprint density at radius 3 is 2.62 bits per heavy atom. The van der Waals surface area contributed by atoms with E-state index in [4.69, 9.17) is 0 Å². The van der Waals surface area contributed by atoms with Crippen molar-refractivity contribution in [3.63, 3.8) is 0 Å². The maximum atomic E-state index is 3.07. The molecule has 3 heteroatoms. The van der Waals surface area contributed by atoms with Crippen LogP contribution in [0.2, 0.25) is 0 Å². The molecular weight excluding hydrogens is 162 g/mol. The van der Waals surface area contributed by atoms with Crippen LogP contribution in [-0.4, -0.2) is 12.2 Å². The number of hydrazine groups is 2. The van der Waals surface area contributed by atoms with Gasteiger partial charge in [0.25, 0.3) is 0 Å². The Morgan fingerprint density at radius 1 is 1.23 bits per heavy atom. The molecular formula is C10H13N3. The van der Waals surface area contributed by atoms with Crippen molar-refractivity contribution < 1.29 is 0 Å². The summed E-state index contributed by atoms with van der Waals surface area (Å²) in [4.78, 5) is 0. The molecule has 1 aromatic carbocycles. The van der Waals surface area contributed by atoms with Crippen LogP contribution < -0.4 is 10.4 Å². The van der Waals surface area contributed by atoms with Crippen molar-refractivity contribution in [2.24, 2.45) is 0 Å². The van der Waals surface area contributed by atoms with Gasteiger partial charge in [0, 0.05) is 19.4 Å². The lowest BCUT2D eigenvalue weighted by atomic mass is 10.2. The van der Waals surface area contributed by atoms with Crippen molar-refractivity contribution in [3.05, 3.63) is 42.2 Å². The Bertz CT molecular complexity index is 333. The first-order valence-corrected chi connectivity index (χ1v) is 4.30. The highest BCUT2D eigenvalue weighted by atomic mass is 15.8. The molecule has 2 rings (SSSR count). The van der Waals surface area contributed by atoms with Gasteiger partial charge in [-0.1, -0.05) is 18.2 Å². The third kappa shape index (κ3) is 1.38. The first kappa shape index (κ1) is 8.13. The van der Waals surface area contributed by atoms with Gasteiger partial charge < -0.3 is 5.43 Å². The predicted molar refractivity (Wildman–Crippen MR) is 53.7 cm³/mol. The van der Waals surface area contributed by atoms with Crippen LogP contribution in [0.15, 0.2) is 36.7 Å². The van der Waals surface area contributed by atoms with Gasteiger partial charge in [0.15, 0.2) is 0 Å². The lowest BCUT2D eigenvalue weighted by molar-refractivity contribution is 0.302. The van der Waals surface area contributed by atoms with Gasteiger partial charge in [-0.25, -0.2) is 0 Å². The van der Waals surface area contributed by atoms with Gasteiger partial charge in [0.1, 0.15) is 0 Å². The SMILES string of the molecule is Cc1ccccc1N1C=CNN1C. The zero-order valence-electron chi connectivity index (χ0n) is 7.86. The van der Waals surface area contributed by atoms with Gasteiger partial charge in [-0.05, 0) is 18.6 Å². The predicted octanol–water partition coefficient (Wildman–Crippen LogP) is 1.64. The van der Waals surface area contributed by atoms with E-state index in [0.29, 0.717) is 0 Å². The standard InChI is InChI=1S/C10H13N3/c1-9-5-3-4-6-10(9)13-8-7-11-12(13)2/h3-8,11H,1-2H3. The highest BCUT2D eigenvalue weighted by Crippen LogP contribution is 2.21. The fourth-order valence-electron chi connectivity index (χ4n) is 1.44. The molecule has 0 fully saturated rings. The molecule has 1 aliphatic rings. The summed E-state index contributed by atoms with van der Waals surface area (Å²) in [6.07, 6.45) is 3.91. The second-order valence-electron chi connectivity index (χ2n) is 3.10. The lowest BCUT2D eigenvalue weighted by Gasteiger charge is -2.25. The van der Waals surface area contributed by atoms with Crippen LogP contribution in [0.1, 0.15) is 5.56 Å². The van der Waals surface area contributed by atoms with E-state index in [1.807, 2.05) is 36.7 Å². The molecule has 13 heavy (non-hydrogen) atoms. The van der Waals surface area contributed by atoms with E-state index in [1.54, 1.807) is 0 Å². The first-order valence-electron chi connectivity index (χ1n) is 4.30. The zero-order chi connectivity index (χ0) is 9.26. The number of nitrogens with zero attached hydrogens (tertiary/aromatic N) is 2. The maximum absolute atomic E-state index is 3.07. The fraction of sp³-hybridized carbons (Fsp3) is 0.200. The third-order valence-electron chi connectivity index (χ3n) is 2.16. The van der Waals surface area contributed by atoms with E-state index < -0.39 is 0 Å². The maximum Gasteiger partial charge on any atom is 0.0620 e. The number of para-hydroxylation sites is 1. The third-order valence-corrected chi connectivity index (χ3v) is 2.16. The van der Waals surface area contributed by atoms with E-state index in [9.17, 15) is 0 Å². The van der Waals surface area contributed by atoms with Gasteiger partial charge >= 0.3 is 0 Å². The molecule has 0 radical (unpaired) electrons. The van der Waals surface area contributed by atoms with Crippen LogP contribution in [0.5, 0.6) is 0 Å². The Morgan fingerprint density at radius 2 is 2.00 bits per heavy atom.